The first kappa shape index (κ1) is 13.4. The highest BCUT2D eigenvalue weighted by Gasteiger charge is 2.14. The molecule has 1 atom stereocenters. The second-order valence-electron chi connectivity index (χ2n) is 4.42. The molecule has 1 aromatic carbocycles. The summed E-state index contributed by atoms with van der Waals surface area (Å²) in [6.45, 7) is 6.55. The van der Waals surface area contributed by atoms with Gasteiger partial charge in [-0.25, -0.2) is 0 Å². The molecule has 1 aromatic rings. The van der Waals surface area contributed by atoms with Crippen LogP contribution in [0.3, 0.4) is 0 Å². The summed E-state index contributed by atoms with van der Waals surface area (Å²) in [7, 11) is 0. The number of nitrogen functional groups attached to an aromatic ring is 1. The van der Waals surface area contributed by atoms with Crippen molar-refractivity contribution in [3.8, 4) is 6.07 Å². The predicted molar refractivity (Wildman–Crippen MR) is 72.7 cm³/mol. The summed E-state index contributed by atoms with van der Waals surface area (Å²) in [5, 5.41) is 12.3. The number of rotatable bonds is 5. The number of hydrogen-bond donors (Lipinski definition) is 2. The molecule has 0 aliphatic carbocycles. The van der Waals surface area contributed by atoms with Gasteiger partial charge in [0, 0.05) is 6.04 Å². The van der Waals surface area contributed by atoms with Gasteiger partial charge in [0.05, 0.1) is 23.0 Å². The van der Waals surface area contributed by atoms with Crippen molar-refractivity contribution in [2.75, 3.05) is 11.1 Å². The number of hydrogen-bond acceptors (Lipinski definition) is 3. The summed E-state index contributed by atoms with van der Waals surface area (Å²) in [4.78, 5) is 0. The van der Waals surface area contributed by atoms with Crippen molar-refractivity contribution in [2.45, 2.75) is 39.7 Å². The van der Waals surface area contributed by atoms with Gasteiger partial charge in [-0.15, -0.1) is 0 Å². The highest BCUT2D eigenvalue weighted by molar-refractivity contribution is 5.68. The van der Waals surface area contributed by atoms with Crippen LogP contribution in [-0.4, -0.2) is 6.04 Å². The van der Waals surface area contributed by atoms with Crippen LogP contribution in [0, 0.1) is 17.2 Å². The van der Waals surface area contributed by atoms with Crippen LogP contribution >= 0.6 is 0 Å². The topological polar surface area (TPSA) is 61.8 Å². The Morgan fingerprint density at radius 2 is 2.00 bits per heavy atom. The maximum absolute atomic E-state index is 8.87. The van der Waals surface area contributed by atoms with E-state index >= 15 is 0 Å². The summed E-state index contributed by atoms with van der Waals surface area (Å²) in [5.74, 6) is 0.625. The standard InChI is InChI=1S/C14H21N3/c1-4-12(5-2)10(3)17-14-8-11(9-15)6-7-13(14)16/h6-8,10,12,17H,4-5,16H2,1-3H3. The minimum absolute atomic E-state index is 0.362. The van der Waals surface area contributed by atoms with Gasteiger partial charge < -0.3 is 11.1 Å². The van der Waals surface area contributed by atoms with Gasteiger partial charge in [0.2, 0.25) is 0 Å². The molecule has 92 valence electrons. The molecule has 0 aliphatic rings. The van der Waals surface area contributed by atoms with Crippen LogP contribution < -0.4 is 11.1 Å². The predicted octanol–water partition coefficient (Wildman–Crippen LogP) is 3.38. The zero-order valence-electron chi connectivity index (χ0n) is 10.8. The molecule has 0 saturated heterocycles. The normalized spacial score (nSPS) is 12.2. The molecule has 3 heteroatoms. The number of nitrogens with two attached hydrogens (primary N) is 1. The van der Waals surface area contributed by atoms with E-state index in [0.29, 0.717) is 23.2 Å². The number of anilines is 2. The monoisotopic (exact) mass is 231 g/mol. The largest absolute Gasteiger partial charge is 0.397 e. The minimum atomic E-state index is 0.362. The molecule has 0 saturated carbocycles. The van der Waals surface area contributed by atoms with Gasteiger partial charge >= 0.3 is 0 Å². The van der Waals surface area contributed by atoms with Crippen LogP contribution in [0.2, 0.25) is 0 Å². The Morgan fingerprint density at radius 1 is 1.35 bits per heavy atom. The lowest BCUT2D eigenvalue weighted by Gasteiger charge is -2.24. The molecule has 3 nitrogen and oxygen atoms in total. The van der Waals surface area contributed by atoms with E-state index in [4.69, 9.17) is 11.0 Å². The van der Waals surface area contributed by atoms with Crippen LogP contribution in [0.5, 0.6) is 0 Å². The van der Waals surface area contributed by atoms with E-state index < -0.39 is 0 Å². The minimum Gasteiger partial charge on any atom is -0.397 e. The third-order valence-electron chi connectivity index (χ3n) is 3.32. The van der Waals surface area contributed by atoms with Crippen molar-refractivity contribution < 1.29 is 0 Å². The highest BCUT2D eigenvalue weighted by atomic mass is 14.9. The molecular weight excluding hydrogens is 210 g/mol. The van der Waals surface area contributed by atoms with E-state index in [1.807, 2.05) is 6.07 Å². The van der Waals surface area contributed by atoms with Gasteiger partial charge in [0.25, 0.3) is 0 Å². The molecule has 17 heavy (non-hydrogen) atoms. The van der Waals surface area contributed by atoms with Crippen molar-refractivity contribution in [3.05, 3.63) is 23.8 Å². The van der Waals surface area contributed by atoms with Gasteiger partial charge in [-0.05, 0) is 31.0 Å². The van der Waals surface area contributed by atoms with Crippen molar-refractivity contribution in [1.82, 2.24) is 0 Å². The molecule has 1 unspecified atom stereocenters. The van der Waals surface area contributed by atoms with E-state index in [-0.39, 0.29) is 0 Å². The Kier molecular flexibility index (Phi) is 4.84. The summed E-state index contributed by atoms with van der Waals surface area (Å²) in [6.07, 6.45) is 2.28. The maximum Gasteiger partial charge on any atom is 0.0992 e. The van der Waals surface area contributed by atoms with Crippen LogP contribution in [-0.2, 0) is 0 Å². The Labute approximate surface area is 104 Å². The lowest BCUT2D eigenvalue weighted by molar-refractivity contribution is 0.438. The fraction of sp³-hybridized carbons (Fsp3) is 0.500. The molecule has 3 N–H and O–H groups in total. The maximum atomic E-state index is 8.87. The van der Waals surface area contributed by atoms with Gasteiger partial charge in [0.1, 0.15) is 0 Å². The Morgan fingerprint density at radius 3 is 2.53 bits per heavy atom. The van der Waals surface area contributed by atoms with Gasteiger partial charge in [-0.1, -0.05) is 26.7 Å². The zero-order chi connectivity index (χ0) is 12.8. The summed E-state index contributed by atoms with van der Waals surface area (Å²) in [6, 6.07) is 7.82. The smallest absolute Gasteiger partial charge is 0.0992 e. The third-order valence-corrected chi connectivity index (χ3v) is 3.32. The lowest BCUT2D eigenvalue weighted by Crippen LogP contribution is -2.25. The molecule has 0 fully saturated rings. The average Bonchev–Trinajstić information content (AvgIpc) is 2.33. The first-order valence-electron chi connectivity index (χ1n) is 6.18. The Bertz CT molecular complexity index is 402. The SMILES string of the molecule is CCC(CC)C(C)Nc1cc(C#N)ccc1N. The molecular formula is C14H21N3. The van der Waals surface area contributed by atoms with Crippen LogP contribution in [0.25, 0.3) is 0 Å². The summed E-state index contributed by atoms with van der Waals surface area (Å²) >= 11 is 0. The van der Waals surface area contributed by atoms with Gasteiger partial charge in [0.15, 0.2) is 0 Å². The van der Waals surface area contributed by atoms with E-state index in [1.165, 1.54) is 0 Å². The molecule has 0 heterocycles. The molecule has 0 aromatic heterocycles. The molecule has 1 rings (SSSR count). The highest BCUT2D eigenvalue weighted by Crippen LogP contribution is 2.24. The Hall–Kier alpha value is -1.69. The number of nitrogens with zero attached hydrogens (tertiary/aromatic N) is 1. The quantitative estimate of drug-likeness (QED) is 0.764. The molecule has 0 aliphatic heterocycles. The number of benzene rings is 1. The van der Waals surface area contributed by atoms with Crippen LogP contribution in [0.15, 0.2) is 18.2 Å². The first-order valence-corrected chi connectivity index (χ1v) is 6.18. The fourth-order valence-corrected chi connectivity index (χ4v) is 2.11. The third kappa shape index (κ3) is 3.39. The molecule has 0 spiro atoms. The zero-order valence-corrected chi connectivity index (χ0v) is 10.8. The number of nitrogens with one attached hydrogen (secondary N) is 1. The average molecular weight is 231 g/mol. The van der Waals surface area contributed by atoms with Gasteiger partial charge in [-0.2, -0.15) is 5.26 Å². The van der Waals surface area contributed by atoms with Crippen LogP contribution in [0.1, 0.15) is 39.2 Å². The van der Waals surface area contributed by atoms with Crippen molar-refractivity contribution in [3.63, 3.8) is 0 Å². The number of nitriles is 1. The van der Waals surface area contributed by atoms with E-state index in [0.717, 1.165) is 18.5 Å². The summed E-state index contributed by atoms with van der Waals surface area (Å²) in [5.41, 5.74) is 8.10. The van der Waals surface area contributed by atoms with E-state index in [9.17, 15) is 0 Å². The molecule has 0 radical (unpaired) electrons. The lowest BCUT2D eigenvalue weighted by atomic mass is 9.95. The molecule has 0 bridgehead atoms. The second kappa shape index (κ2) is 6.15. The first-order chi connectivity index (χ1) is 8.12. The van der Waals surface area contributed by atoms with Crippen LogP contribution in [0.4, 0.5) is 11.4 Å². The van der Waals surface area contributed by atoms with Crippen molar-refractivity contribution >= 4 is 11.4 Å². The molecule has 0 amide bonds. The van der Waals surface area contributed by atoms with Gasteiger partial charge in [-0.3, -0.25) is 0 Å². The van der Waals surface area contributed by atoms with Crippen molar-refractivity contribution in [1.29, 1.82) is 5.26 Å². The fourth-order valence-electron chi connectivity index (χ4n) is 2.11. The Balaban J connectivity index is 2.84. The second-order valence-corrected chi connectivity index (χ2v) is 4.42. The van der Waals surface area contributed by atoms with Crippen molar-refractivity contribution in [2.24, 2.45) is 5.92 Å². The van der Waals surface area contributed by atoms with E-state index in [2.05, 4.69) is 32.2 Å². The van der Waals surface area contributed by atoms with E-state index in [1.54, 1.807) is 12.1 Å². The summed E-state index contributed by atoms with van der Waals surface area (Å²) < 4.78 is 0.